The van der Waals surface area contributed by atoms with Crippen LogP contribution in [0.5, 0.6) is 0 Å². The second-order valence-electron chi connectivity index (χ2n) is 5.15. The minimum Gasteiger partial charge on any atom is -0.326 e. The maximum absolute atomic E-state index is 4.36. The van der Waals surface area contributed by atoms with Crippen molar-refractivity contribution in [1.82, 2.24) is 14.9 Å². The zero-order chi connectivity index (χ0) is 13.2. The summed E-state index contributed by atoms with van der Waals surface area (Å²) in [5, 5.41) is 3.55. The van der Waals surface area contributed by atoms with Crippen LogP contribution in [0, 0.1) is 0 Å². The van der Waals surface area contributed by atoms with Gasteiger partial charge in [0.1, 0.15) is 0 Å². The number of rotatable bonds is 2. The second-order valence-corrected chi connectivity index (χ2v) is 6.06. The molecule has 1 aliphatic heterocycles. The minimum atomic E-state index is 0.491. The van der Waals surface area contributed by atoms with Crippen molar-refractivity contribution in [3.8, 4) is 11.3 Å². The summed E-state index contributed by atoms with van der Waals surface area (Å²) >= 11 is 3.54. The Balaban J connectivity index is 1.98. The molecular formula is C15H18BrN3. The topological polar surface area (TPSA) is 29.9 Å². The molecule has 1 N–H and O–H groups in total. The van der Waals surface area contributed by atoms with E-state index in [4.69, 9.17) is 0 Å². The molecule has 2 unspecified atom stereocenters. The molecule has 1 fully saturated rings. The Morgan fingerprint density at radius 1 is 1.42 bits per heavy atom. The van der Waals surface area contributed by atoms with E-state index in [1.165, 1.54) is 24.1 Å². The van der Waals surface area contributed by atoms with Gasteiger partial charge in [-0.05, 0) is 38.4 Å². The lowest BCUT2D eigenvalue weighted by molar-refractivity contribution is 0.297. The number of hydrogen-bond acceptors (Lipinski definition) is 2. The summed E-state index contributed by atoms with van der Waals surface area (Å²) in [7, 11) is 0. The Labute approximate surface area is 122 Å². The van der Waals surface area contributed by atoms with E-state index in [-0.39, 0.29) is 0 Å². The highest BCUT2D eigenvalue weighted by atomic mass is 79.9. The first-order chi connectivity index (χ1) is 9.25. The Morgan fingerprint density at radius 2 is 2.32 bits per heavy atom. The number of nitrogens with zero attached hydrogens (tertiary/aromatic N) is 2. The fourth-order valence-corrected chi connectivity index (χ4v) is 3.25. The lowest BCUT2D eigenvalue weighted by Gasteiger charge is -2.32. The van der Waals surface area contributed by atoms with Crippen molar-refractivity contribution in [2.45, 2.75) is 31.8 Å². The third kappa shape index (κ3) is 2.60. The molecule has 3 rings (SSSR count). The predicted octanol–water partition coefficient (Wildman–Crippen LogP) is 3.63. The quantitative estimate of drug-likeness (QED) is 0.916. The molecule has 0 spiro atoms. The molecular weight excluding hydrogens is 302 g/mol. The predicted molar refractivity (Wildman–Crippen MR) is 81.1 cm³/mol. The van der Waals surface area contributed by atoms with Gasteiger partial charge in [-0.3, -0.25) is 0 Å². The molecule has 2 atom stereocenters. The van der Waals surface area contributed by atoms with Crippen molar-refractivity contribution in [3.63, 3.8) is 0 Å². The van der Waals surface area contributed by atoms with E-state index >= 15 is 0 Å². The Bertz CT molecular complexity index is 564. The largest absolute Gasteiger partial charge is 0.326 e. The van der Waals surface area contributed by atoms with Gasteiger partial charge in [0.25, 0.3) is 0 Å². The molecule has 1 aromatic carbocycles. The molecule has 100 valence electrons. The zero-order valence-corrected chi connectivity index (χ0v) is 12.6. The average molecular weight is 320 g/mol. The molecule has 0 aliphatic carbocycles. The van der Waals surface area contributed by atoms with Gasteiger partial charge in [0.15, 0.2) is 0 Å². The highest BCUT2D eigenvalue weighted by molar-refractivity contribution is 9.10. The third-order valence-corrected chi connectivity index (χ3v) is 4.36. The number of imidazole rings is 1. The lowest BCUT2D eigenvalue weighted by Crippen LogP contribution is -2.40. The van der Waals surface area contributed by atoms with Crippen LogP contribution >= 0.6 is 15.9 Å². The first-order valence-electron chi connectivity index (χ1n) is 6.77. The van der Waals surface area contributed by atoms with Gasteiger partial charge in [0.2, 0.25) is 0 Å². The lowest BCUT2D eigenvalue weighted by atomic mass is 9.99. The smallest absolute Gasteiger partial charge is 0.0954 e. The fourth-order valence-electron chi connectivity index (χ4n) is 2.85. The molecule has 3 nitrogen and oxygen atoms in total. The highest BCUT2D eigenvalue weighted by Crippen LogP contribution is 2.29. The molecule has 4 heteroatoms. The van der Waals surface area contributed by atoms with Gasteiger partial charge in [0, 0.05) is 16.1 Å². The highest BCUT2D eigenvalue weighted by Gasteiger charge is 2.24. The SMILES string of the molecule is CC1NCCCC1n1cncc1-c1cccc(Br)c1. The van der Waals surface area contributed by atoms with Gasteiger partial charge < -0.3 is 9.88 Å². The van der Waals surface area contributed by atoms with Gasteiger partial charge in [0.05, 0.1) is 24.3 Å². The van der Waals surface area contributed by atoms with E-state index in [0.717, 1.165) is 11.0 Å². The van der Waals surface area contributed by atoms with Crippen LogP contribution in [0.25, 0.3) is 11.3 Å². The maximum atomic E-state index is 4.36. The second kappa shape index (κ2) is 5.47. The fraction of sp³-hybridized carbons (Fsp3) is 0.400. The van der Waals surface area contributed by atoms with Crippen LogP contribution in [0.15, 0.2) is 41.3 Å². The van der Waals surface area contributed by atoms with Crippen molar-refractivity contribution < 1.29 is 0 Å². The van der Waals surface area contributed by atoms with Crippen LogP contribution in [-0.2, 0) is 0 Å². The van der Waals surface area contributed by atoms with Crippen molar-refractivity contribution in [1.29, 1.82) is 0 Å². The van der Waals surface area contributed by atoms with Gasteiger partial charge in [-0.25, -0.2) is 4.98 Å². The number of halogens is 1. The van der Waals surface area contributed by atoms with Crippen LogP contribution in [0.1, 0.15) is 25.8 Å². The van der Waals surface area contributed by atoms with Gasteiger partial charge in [-0.15, -0.1) is 0 Å². The molecule has 0 amide bonds. The first kappa shape index (κ1) is 12.9. The molecule has 1 saturated heterocycles. The van der Waals surface area contributed by atoms with Crippen molar-refractivity contribution in [3.05, 3.63) is 41.3 Å². The van der Waals surface area contributed by atoms with E-state index in [9.17, 15) is 0 Å². The Hall–Kier alpha value is -1.13. The normalized spacial score (nSPS) is 23.5. The molecule has 0 saturated carbocycles. The van der Waals surface area contributed by atoms with E-state index in [1.54, 1.807) is 0 Å². The minimum absolute atomic E-state index is 0.491. The van der Waals surface area contributed by atoms with Crippen molar-refractivity contribution in [2.75, 3.05) is 6.54 Å². The van der Waals surface area contributed by atoms with Crippen LogP contribution in [-0.4, -0.2) is 22.1 Å². The molecule has 19 heavy (non-hydrogen) atoms. The third-order valence-electron chi connectivity index (χ3n) is 3.86. The van der Waals surface area contributed by atoms with Crippen LogP contribution in [0.3, 0.4) is 0 Å². The van der Waals surface area contributed by atoms with Gasteiger partial charge >= 0.3 is 0 Å². The summed E-state index contributed by atoms with van der Waals surface area (Å²) in [4.78, 5) is 4.36. The molecule has 1 aliphatic rings. The first-order valence-corrected chi connectivity index (χ1v) is 7.56. The summed E-state index contributed by atoms with van der Waals surface area (Å²) < 4.78 is 3.42. The molecule has 0 bridgehead atoms. The van der Waals surface area contributed by atoms with Gasteiger partial charge in [-0.1, -0.05) is 28.1 Å². The molecule has 2 heterocycles. The average Bonchev–Trinajstić information content (AvgIpc) is 2.88. The summed E-state index contributed by atoms with van der Waals surface area (Å²) in [5.74, 6) is 0. The van der Waals surface area contributed by atoms with E-state index in [0.29, 0.717) is 12.1 Å². The van der Waals surface area contributed by atoms with Crippen LogP contribution in [0.4, 0.5) is 0 Å². The number of aromatic nitrogens is 2. The maximum Gasteiger partial charge on any atom is 0.0954 e. The standard InChI is InChI=1S/C15H18BrN3/c1-11-14(6-3-7-18-11)19-10-17-9-15(19)12-4-2-5-13(16)8-12/h2,4-5,8-11,14,18H,3,6-7H2,1H3. The van der Waals surface area contributed by atoms with E-state index < -0.39 is 0 Å². The Kier molecular flexibility index (Phi) is 3.71. The van der Waals surface area contributed by atoms with Crippen molar-refractivity contribution >= 4 is 15.9 Å². The molecule has 0 radical (unpaired) electrons. The summed E-state index contributed by atoms with van der Waals surface area (Å²) in [6, 6.07) is 9.39. The summed E-state index contributed by atoms with van der Waals surface area (Å²) in [6.07, 6.45) is 6.37. The Morgan fingerprint density at radius 3 is 3.11 bits per heavy atom. The molecule has 1 aromatic heterocycles. The number of benzene rings is 1. The number of piperidine rings is 1. The number of nitrogens with one attached hydrogen (secondary N) is 1. The van der Waals surface area contributed by atoms with Crippen LogP contribution in [0.2, 0.25) is 0 Å². The summed E-state index contributed by atoms with van der Waals surface area (Å²) in [5.41, 5.74) is 2.41. The number of hydrogen-bond donors (Lipinski definition) is 1. The van der Waals surface area contributed by atoms with Crippen molar-refractivity contribution in [2.24, 2.45) is 0 Å². The van der Waals surface area contributed by atoms with Crippen LogP contribution < -0.4 is 5.32 Å². The summed E-state index contributed by atoms with van der Waals surface area (Å²) in [6.45, 7) is 3.38. The van der Waals surface area contributed by atoms with E-state index in [1.807, 2.05) is 12.5 Å². The molecule has 2 aromatic rings. The van der Waals surface area contributed by atoms with E-state index in [2.05, 4.69) is 62.0 Å². The zero-order valence-electron chi connectivity index (χ0n) is 11.0. The monoisotopic (exact) mass is 319 g/mol. The van der Waals surface area contributed by atoms with Gasteiger partial charge in [-0.2, -0.15) is 0 Å².